The van der Waals surface area contributed by atoms with Crippen molar-refractivity contribution < 1.29 is 4.74 Å². The number of hydrogen-bond acceptors (Lipinski definition) is 5. The summed E-state index contributed by atoms with van der Waals surface area (Å²) in [6.45, 7) is 0.826. The molecular formula is C14H18N4O. The Balaban J connectivity index is 1.85. The summed E-state index contributed by atoms with van der Waals surface area (Å²) in [7, 11) is 3.51. The molecule has 0 aliphatic rings. The lowest BCUT2D eigenvalue weighted by Gasteiger charge is -2.07. The molecule has 2 aromatic rings. The van der Waals surface area contributed by atoms with Crippen molar-refractivity contribution in [1.82, 2.24) is 9.97 Å². The van der Waals surface area contributed by atoms with E-state index < -0.39 is 0 Å². The second kappa shape index (κ2) is 6.58. The monoisotopic (exact) mass is 258 g/mol. The molecule has 0 saturated heterocycles. The Kier molecular flexibility index (Phi) is 4.55. The van der Waals surface area contributed by atoms with Crippen LogP contribution in [-0.2, 0) is 6.42 Å². The number of anilines is 2. The number of aromatic nitrogens is 2. The van der Waals surface area contributed by atoms with Crippen LogP contribution in [0, 0.1) is 0 Å². The molecule has 0 fully saturated rings. The number of nitrogens with one attached hydrogen (secondary N) is 2. The zero-order chi connectivity index (χ0) is 13.5. The Hall–Kier alpha value is -2.30. The van der Waals surface area contributed by atoms with E-state index in [1.807, 2.05) is 25.2 Å². The first-order chi connectivity index (χ1) is 9.31. The zero-order valence-corrected chi connectivity index (χ0v) is 11.2. The largest absolute Gasteiger partial charge is 0.497 e. The van der Waals surface area contributed by atoms with Crippen LogP contribution in [0.15, 0.2) is 36.7 Å². The summed E-state index contributed by atoms with van der Waals surface area (Å²) in [5.74, 6) is 2.51. The topological polar surface area (TPSA) is 59.1 Å². The molecule has 1 aromatic heterocycles. The maximum atomic E-state index is 5.13. The molecule has 0 bridgehead atoms. The summed E-state index contributed by atoms with van der Waals surface area (Å²) in [5.41, 5.74) is 1.26. The minimum atomic E-state index is 0.807. The van der Waals surface area contributed by atoms with Crippen molar-refractivity contribution in [1.29, 1.82) is 0 Å². The lowest BCUT2D eigenvalue weighted by Crippen LogP contribution is -2.07. The summed E-state index contributed by atoms with van der Waals surface area (Å²) in [4.78, 5) is 8.23. The molecule has 5 nitrogen and oxygen atoms in total. The molecule has 0 spiro atoms. The van der Waals surface area contributed by atoms with Gasteiger partial charge in [-0.1, -0.05) is 12.1 Å². The Morgan fingerprint density at radius 1 is 1.11 bits per heavy atom. The molecular weight excluding hydrogens is 240 g/mol. The molecule has 0 unspecified atom stereocenters. The predicted molar refractivity (Wildman–Crippen MR) is 76.8 cm³/mol. The molecule has 0 radical (unpaired) electrons. The quantitative estimate of drug-likeness (QED) is 0.831. The fourth-order valence-electron chi connectivity index (χ4n) is 1.72. The van der Waals surface area contributed by atoms with Crippen molar-refractivity contribution in [2.45, 2.75) is 6.42 Å². The van der Waals surface area contributed by atoms with Crippen LogP contribution in [0.2, 0.25) is 0 Å². The summed E-state index contributed by atoms with van der Waals surface area (Å²) in [6.07, 6.45) is 2.48. The standard InChI is InChI=1S/C14H18N4O/c1-15-13-9-14(18-10-17-13)16-8-7-11-3-5-12(19-2)6-4-11/h3-6,9-10H,7-8H2,1-2H3,(H2,15,16,17,18). The van der Waals surface area contributed by atoms with Gasteiger partial charge in [0, 0.05) is 19.7 Å². The molecule has 19 heavy (non-hydrogen) atoms. The Bertz CT molecular complexity index is 513. The van der Waals surface area contributed by atoms with Crippen LogP contribution in [0.3, 0.4) is 0 Å². The van der Waals surface area contributed by atoms with Crippen LogP contribution < -0.4 is 15.4 Å². The van der Waals surface area contributed by atoms with Gasteiger partial charge in [0.25, 0.3) is 0 Å². The summed E-state index contributed by atoms with van der Waals surface area (Å²) in [6, 6.07) is 9.96. The van der Waals surface area contributed by atoms with Crippen molar-refractivity contribution >= 4 is 11.6 Å². The first-order valence-electron chi connectivity index (χ1n) is 6.18. The minimum Gasteiger partial charge on any atom is -0.497 e. The number of ether oxygens (including phenoxy) is 1. The second-order valence-electron chi connectivity index (χ2n) is 4.06. The van der Waals surface area contributed by atoms with Gasteiger partial charge < -0.3 is 15.4 Å². The van der Waals surface area contributed by atoms with E-state index in [0.29, 0.717) is 0 Å². The van der Waals surface area contributed by atoms with Crippen LogP contribution in [0.5, 0.6) is 5.75 Å². The third-order valence-electron chi connectivity index (χ3n) is 2.80. The van der Waals surface area contributed by atoms with E-state index in [4.69, 9.17) is 4.74 Å². The fourth-order valence-corrected chi connectivity index (χ4v) is 1.72. The minimum absolute atomic E-state index is 0.807. The molecule has 5 heteroatoms. The molecule has 100 valence electrons. The molecule has 1 heterocycles. The van der Waals surface area contributed by atoms with Crippen LogP contribution in [0.1, 0.15) is 5.56 Å². The average molecular weight is 258 g/mol. The number of nitrogens with zero attached hydrogens (tertiary/aromatic N) is 2. The smallest absolute Gasteiger partial charge is 0.131 e. The van der Waals surface area contributed by atoms with Crippen molar-refractivity contribution in [2.75, 3.05) is 31.3 Å². The van der Waals surface area contributed by atoms with Gasteiger partial charge in [-0.3, -0.25) is 0 Å². The van der Waals surface area contributed by atoms with Gasteiger partial charge in [-0.05, 0) is 24.1 Å². The lowest BCUT2D eigenvalue weighted by atomic mass is 10.1. The highest BCUT2D eigenvalue weighted by Crippen LogP contribution is 2.12. The first kappa shape index (κ1) is 13.1. The molecule has 2 N–H and O–H groups in total. The third-order valence-corrected chi connectivity index (χ3v) is 2.80. The van der Waals surface area contributed by atoms with Crippen molar-refractivity contribution in [2.24, 2.45) is 0 Å². The fraction of sp³-hybridized carbons (Fsp3) is 0.286. The zero-order valence-electron chi connectivity index (χ0n) is 11.2. The summed E-state index contributed by atoms with van der Waals surface area (Å²) < 4.78 is 5.13. The van der Waals surface area contributed by atoms with Gasteiger partial charge in [-0.2, -0.15) is 0 Å². The first-order valence-corrected chi connectivity index (χ1v) is 6.18. The van der Waals surface area contributed by atoms with Gasteiger partial charge in [0.2, 0.25) is 0 Å². The molecule has 0 saturated carbocycles. The van der Waals surface area contributed by atoms with E-state index in [1.165, 1.54) is 5.56 Å². The number of hydrogen-bond donors (Lipinski definition) is 2. The Morgan fingerprint density at radius 2 is 1.84 bits per heavy atom. The highest BCUT2D eigenvalue weighted by molar-refractivity contribution is 5.46. The molecule has 0 aliphatic heterocycles. The van der Waals surface area contributed by atoms with E-state index in [-0.39, 0.29) is 0 Å². The molecule has 2 rings (SSSR count). The molecule has 1 aromatic carbocycles. The van der Waals surface area contributed by atoms with E-state index in [1.54, 1.807) is 13.4 Å². The number of methoxy groups -OCH3 is 1. The van der Waals surface area contributed by atoms with Gasteiger partial charge in [-0.25, -0.2) is 9.97 Å². The van der Waals surface area contributed by atoms with Gasteiger partial charge in [0.05, 0.1) is 7.11 Å². The third kappa shape index (κ3) is 3.84. The Morgan fingerprint density at radius 3 is 2.53 bits per heavy atom. The lowest BCUT2D eigenvalue weighted by molar-refractivity contribution is 0.414. The SMILES string of the molecule is CNc1cc(NCCc2ccc(OC)cc2)ncn1. The van der Waals surface area contributed by atoms with Gasteiger partial charge in [-0.15, -0.1) is 0 Å². The summed E-state index contributed by atoms with van der Waals surface area (Å²) >= 11 is 0. The van der Waals surface area contributed by atoms with Crippen molar-refractivity contribution in [3.05, 3.63) is 42.2 Å². The van der Waals surface area contributed by atoms with Crippen LogP contribution in [0.25, 0.3) is 0 Å². The molecule has 0 aliphatic carbocycles. The highest BCUT2D eigenvalue weighted by atomic mass is 16.5. The maximum absolute atomic E-state index is 5.13. The predicted octanol–water partition coefficient (Wildman–Crippen LogP) is 2.18. The van der Waals surface area contributed by atoms with E-state index >= 15 is 0 Å². The van der Waals surface area contributed by atoms with E-state index in [9.17, 15) is 0 Å². The molecule has 0 amide bonds. The van der Waals surface area contributed by atoms with Gasteiger partial charge >= 0.3 is 0 Å². The van der Waals surface area contributed by atoms with Crippen molar-refractivity contribution in [3.8, 4) is 5.75 Å². The van der Waals surface area contributed by atoms with Crippen molar-refractivity contribution in [3.63, 3.8) is 0 Å². The van der Waals surface area contributed by atoms with Gasteiger partial charge in [0.15, 0.2) is 0 Å². The maximum Gasteiger partial charge on any atom is 0.131 e. The van der Waals surface area contributed by atoms with E-state index in [0.717, 1.165) is 30.4 Å². The number of benzene rings is 1. The summed E-state index contributed by atoms with van der Waals surface area (Å²) in [5, 5.41) is 6.26. The molecule has 0 atom stereocenters. The average Bonchev–Trinajstić information content (AvgIpc) is 2.48. The van der Waals surface area contributed by atoms with Gasteiger partial charge in [0.1, 0.15) is 23.7 Å². The van der Waals surface area contributed by atoms with E-state index in [2.05, 4.69) is 32.7 Å². The second-order valence-corrected chi connectivity index (χ2v) is 4.06. The van der Waals surface area contributed by atoms with Crippen LogP contribution in [-0.4, -0.2) is 30.7 Å². The normalized spacial score (nSPS) is 10.0. The number of rotatable bonds is 6. The highest BCUT2D eigenvalue weighted by Gasteiger charge is 1.98. The Labute approximate surface area is 113 Å². The van der Waals surface area contributed by atoms with Crippen LogP contribution in [0.4, 0.5) is 11.6 Å². The van der Waals surface area contributed by atoms with Crippen LogP contribution >= 0.6 is 0 Å².